The molecular weight excluding hydrogens is 281 g/mol. The van der Waals surface area contributed by atoms with E-state index in [4.69, 9.17) is 4.74 Å². The number of hydrogen-bond donors (Lipinski definition) is 0. The molecular formula is C14H18FNO3S. The molecule has 0 aliphatic carbocycles. The lowest BCUT2D eigenvalue weighted by molar-refractivity contribution is 0.0206. The molecule has 0 N–H and O–H groups in total. The summed E-state index contributed by atoms with van der Waals surface area (Å²) in [5.41, 5.74) is 0. The van der Waals surface area contributed by atoms with Crippen LogP contribution in [0.25, 0.3) is 0 Å². The van der Waals surface area contributed by atoms with Gasteiger partial charge >= 0.3 is 0 Å². The summed E-state index contributed by atoms with van der Waals surface area (Å²) in [6.45, 7) is 2.99. The summed E-state index contributed by atoms with van der Waals surface area (Å²) >= 11 is 0. The van der Waals surface area contributed by atoms with Crippen LogP contribution in [0.4, 0.5) is 4.39 Å². The van der Waals surface area contributed by atoms with Crippen LogP contribution in [0.3, 0.4) is 0 Å². The molecule has 0 unspecified atom stereocenters. The average molecular weight is 299 g/mol. The van der Waals surface area contributed by atoms with E-state index in [2.05, 4.69) is 0 Å². The number of nitrogens with zero attached hydrogens (tertiary/aromatic N) is 1. The summed E-state index contributed by atoms with van der Waals surface area (Å²) in [7, 11) is -3.52. The van der Waals surface area contributed by atoms with E-state index >= 15 is 0 Å². The quantitative estimate of drug-likeness (QED) is 0.839. The van der Waals surface area contributed by atoms with Gasteiger partial charge in [0.2, 0.25) is 10.0 Å². The Labute approximate surface area is 118 Å². The van der Waals surface area contributed by atoms with Crippen LogP contribution in [-0.4, -0.2) is 38.0 Å². The van der Waals surface area contributed by atoms with E-state index in [1.54, 1.807) is 0 Å². The van der Waals surface area contributed by atoms with E-state index < -0.39 is 15.8 Å². The molecule has 110 valence electrons. The highest BCUT2D eigenvalue weighted by atomic mass is 32.2. The highest BCUT2D eigenvalue weighted by Crippen LogP contribution is 2.34. The van der Waals surface area contributed by atoms with Gasteiger partial charge in [-0.1, -0.05) is 0 Å². The van der Waals surface area contributed by atoms with Gasteiger partial charge < -0.3 is 4.74 Å². The number of hydrogen-bond acceptors (Lipinski definition) is 3. The Morgan fingerprint density at radius 3 is 2.70 bits per heavy atom. The number of rotatable bonds is 2. The van der Waals surface area contributed by atoms with Crippen LogP contribution >= 0.6 is 0 Å². The Kier molecular flexibility index (Phi) is 3.56. The average Bonchev–Trinajstić information content (AvgIpc) is 2.78. The molecule has 2 aliphatic heterocycles. The molecule has 1 aromatic rings. The van der Waals surface area contributed by atoms with Gasteiger partial charge in [-0.3, -0.25) is 0 Å². The molecule has 3 rings (SSSR count). The van der Waals surface area contributed by atoms with Crippen molar-refractivity contribution < 1.29 is 17.5 Å². The van der Waals surface area contributed by atoms with Gasteiger partial charge in [0.15, 0.2) is 0 Å². The first kappa shape index (κ1) is 14.0. The fourth-order valence-corrected chi connectivity index (χ4v) is 4.65. The fraction of sp³-hybridized carbons (Fsp3) is 0.571. The number of piperidine rings is 1. The minimum Gasteiger partial charge on any atom is -0.375 e. The molecule has 6 heteroatoms. The molecule has 2 heterocycles. The van der Waals surface area contributed by atoms with Crippen LogP contribution in [0.2, 0.25) is 0 Å². The van der Waals surface area contributed by atoms with Gasteiger partial charge in [0.1, 0.15) is 5.82 Å². The standard InChI is InChI=1S/C14H18FNO3S/c1-10-8-11-9-16(7-6-14(11)19-10)20(17,18)13-4-2-12(15)3-5-13/h2-5,10-11,14H,6-9H2,1H3/t10-,11-,14+/m1/s1. The van der Waals surface area contributed by atoms with Crippen molar-refractivity contribution in [3.05, 3.63) is 30.1 Å². The van der Waals surface area contributed by atoms with E-state index in [9.17, 15) is 12.8 Å². The molecule has 0 radical (unpaired) electrons. The maximum absolute atomic E-state index is 12.9. The molecule has 0 aromatic heterocycles. The fourth-order valence-electron chi connectivity index (χ4n) is 3.14. The van der Waals surface area contributed by atoms with Crippen molar-refractivity contribution in [2.24, 2.45) is 5.92 Å². The zero-order chi connectivity index (χ0) is 14.3. The Hall–Kier alpha value is -0.980. The predicted molar refractivity (Wildman–Crippen MR) is 72.2 cm³/mol. The topological polar surface area (TPSA) is 46.6 Å². The molecule has 20 heavy (non-hydrogen) atoms. The van der Waals surface area contributed by atoms with E-state index in [1.807, 2.05) is 6.92 Å². The maximum atomic E-state index is 12.9. The number of ether oxygens (including phenoxy) is 1. The third-order valence-corrected chi connectivity index (χ3v) is 6.00. The Morgan fingerprint density at radius 2 is 2.00 bits per heavy atom. The van der Waals surface area contributed by atoms with Crippen molar-refractivity contribution >= 4 is 10.0 Å². The number of halogens is 1. The smallest absolute Gasteiger partial charge is 0.243 e. The van der Waals surface area contributed by atoms with Crippen molar-refractivity contribution in [1.29, 1.82) is 0 Å². The summed E-state index contributed by atoms with van der Waals surface area (Å²) in [6.07, 6.45) is 2.03. The third kappa shape index (κ3) is 2.47. The first-order valence-electron chi connectivity index (χ1n) is 6.88. The first-order chi connectivity index (χ1) is 9.46. The molecule has 2 aliphatic rings. The molecule has 2 fully saturated rings. The van der Waals surface area contributed by atoms with Gasteiger partial charge in [0, 0.05) is 19.0 Å². The van der Waals surface area contributed by atoms with Crippen molar-refractivity contribution in [1.82, 2.24) is 4.31 Å². The van der Waals surface area contributed by atoms with Crippen LogP contribution in [0, 0.1) is 11.7 Å². The Balaban J connectivity index is 1.80. The molecule has 3 atom stereocenters. The van der Waals surface area contributed by atoms with E-state index in [0.29, 0.717) is 13.1 Å². The van der Waals surface area contributed by atoms with Crippen LogP contribution in [0.15, 0.2) is 29.2 Å². The zero-order valence-electron chi connectivity index (χ0n) is 11.3. The monoisotopic (exact) mass is 299 g/mol. The van der Waals surface area contributed by atoms with Crippen LogP contribution in [-0.2, 0) is 14.8 Å². The van der Waals surface area contributed by atoms with Crippen LogP contribution in [0.5, 0.6) is 0 Å². The van der Waals surface area contributed by atoms with Crippen LogP contribution in [0.1, 0.15) is 19.8 Å². The molecule has 4 nitrogen and oxygen atoms in total. The van der Waals surface area contributed by atoms with Crippen LogP contribution < -0.4 is 0 Å². The highest BCUT2D eigenvalue weighted by molar-refractivity contribution is 7.89. The number of sulfonamides is 1. The summed E-state index contributed by atoms with van der Waals surface area (Å²) in [5.74, 6) is -0.158. The number of benzene rings is 1. The second-order valence-corrected chi connectivity index (χ2v) is 7.52. The lowest BCUT2D eigenvalue weighted by Gasteiger charge is -2.33. The van der Waals surface area contributed by atoms with E-state index in [1.165, 1.54) is 28.6 Å². The second kappa shape index (κ2) is 5.09. The third-order valence-electron chi connectivity index (χ3n) is 4.12. The number of fused-ring (bicyclic) bond motifs is 1. The van der Waals surface area contributed by atoms with E-state index in [-0.39, 0.29) is 23.0 Å². The van der Waals surface area contributed by atoms with Gasteiger partial charge in [-0.25, -0.2) is 12.8 Å². The lowest BCUT2D eigenvalue weighted by Crippen LogP contribution is -2.44. The normalized spacial score (nSPS) is 31.2. The summed E-state index contributed by atoms with van der Waals surface area (Å²) in [6, 6.07) is 5.01. The first-order valence-corrected chi connectivity index (χ1v) is 8.32. The largest absolute Gasteiger partial charge is 0.375 e. The van der Waals surface area contributed by atoms with Crippen molar-refractivity contribution in [2.45, 2.75) is 36.9 Å². The van der Waals surface area contributed by atoms with E-state index in [0.717, 1.165) is 12.8 Å². The van der Waals surface area contributed by atoms with Gasteiger partial charge in [0.25, 0.3) is 0 Å². The van der Waals surface area contributed by atoms with Gasteiger partial charge in [-0.2, -0.15) is 4.31 Å². The molecule has 0 bridgehead atoms. The second-order valence-electron chi connectivity index (χ2n) is 5.59. The van der Waals surface area contributed by atoms with Gasteiger partial charge in [-0.05, 0) is 44.0 Å². The molecule has 0 saturated carbocycles. The summed E-state index contributed by atoms with van der Waals surface area (Å²) in [5, 5.41) is 0. The zero-order valence-corrected chi connectivity index (χ0v) is 12.1. The molecule has 1 aromatic carbocycles. The van der Waals surface area contributed by atoms with Crippen molar-refractivity contribution in [3.63, 3.8) is 0 Å². The minimum absolute atomic E-state index is 0.157. The summed E-state index contributed by atoms with van der Waals surface area (Å²) in [4.78, 5) is 0.157. The Bertz CT molecular complexity index is 587. The molecule has 0 spiro atoms. The summed E-state index contributed by atoms with van der Waals surface area (Å²) < 4.78 is 45.3. The highest BCUT2D eigenvalue weighted by Gasteiger charge is 2.40. The van der Waals surface area contributed by atoms with Crippen molar-refractivity contribution in [3.8, 4) is 0 Å². The predicted octanol–water partition coefficient (Wildman–Crippen LogP) is 2.01. The lowest BCUT2D eigenvalue weighted by atomic mass is 9.94. The van der Waals surface area contributed by atoms with Gasteiger partial charge in [0.05, 0.1) is 17.1 Å². The maximum Gasteiger partial charge on any atom is 0.243 e. The van der Waals surface area contributed by atoms with Crippen molar-refractivity contribution in [2.75, 3.05) is 13.1 Å². The minimum atomic E-state index is -3.52. The van der Waals surface area contributed by atoms with Gasteiger partial charge in [-0.15, -0.1) is 0 Å². The molecule has 0 amide bonds. The SMILES string of the molecule is C[C@@H]1C[C@@H]2CN(S(=O)(=O)c3ccc(F)cc3)CC[C@@H]2O1. The Morgan fingerprint density at radius 1 is 1.30 bits per heavy atom. The molecule has 2 saturated heterocycles.